The zero-order chi connectivity index (χ0) is 19.2. The molecule has 0 spiro atoms. The van der Waals surface area contributed by atoms with Gasteiger partial charge in [0, 0.05) is 51.5 Å². The number of aliphatic imine (C=N–C) groups is 1. The molecule has 27 heavy (non-hydrogen) atoms. The third-order valence-corrected chi connectivity index (χ3v) is 3.68. The quantitative estimate of drug-likeness (QED) is 0.199. The monoisotopic (exact) mass is 490 g/mol. The molecule has 0 saturated heterocycles. The standard InChI is InChI=1S/C18H30N6O2.HI/c1-4-20-18(22-11-9-16(25)24(5-2)6-3)23-13-12-21-17(26)15-8-7-10-19-14-15;/h7-8,10,14H,4-6,9,11-13H2,1-3H3,(H,21,26)(H2,20,22,23);1H. The molecule has 1 rings (SSSR count). The molecule has 152 valence electrons. The summed E-state index contributed by atoms with van der Waals surface area (Å²) < 4.78 is 0. The zero-order valence-electron chi connectivity index (χ0n) is 16.3. The predicted octanol–water partition coefficient (Wildman–Crippen LogP) is 1.24. The summed E-state index contributed by atoms with van der Waals surface area (Å²) in [5.41, 5.74) is 0.531. The summed E-state index contributed by atoms with van der Waals surface area (Å²) in [7, 11) is 0. The highest BCUT2D eigenvalue weighted by molar-refractivity contribution is 14.0. The maximum atomic E-state index is 12.0. The van der Waals surface area contributed by atoms with Gasteiger partial charge in [0.2, 0.25) is 5.91 Å². The molecule has 0 fully saturated rings. The van der Waals surface area contributed by atoms with Crippen LogP contribution in [0.25, 0.3) is 0 Å². The van der Waals surface area contributed by atoms with Crippen LogP contribution < -0.4 is 16.0 Å². The second-order valence-corrected chi connectivity index (χ2v) is 5.50. The Labute approximate surface area is 178 Å². The van der Waals surface area contributed by atoms with Crippen LogP contribution in [0.5, 0.6) is 0 Å². The Bertz CT molecular complexity index is 578. The van der Waals surface area contributed by atoms with Gasteiger partial charge < -0.3 is 20.9 Å². The van der Waals surface area contributed by atoms with Crippen LogP contribution in [0, 0.1) is 0 Å². The van der Waals surface area contributed by atoms with Crippen molar-refractivity contribution in [1.29, 1.82) is 0 Å². The molecule has 1 aromatic rings. The van der Waals surface area contributed by atoms with Crippen molar-refractivity contribution in [1.82, 2.24) is 25.8 Å². The molecule has 0 bridgehead atoms. The van der Waals surface area contributed by atoms with Crippen LogP contribution in [0.15, 0.2) is 29.5 Å². The summed E-state index contributed by atoms with van der Waals surface area (Å²) in [5, 5.41) is 9.08. The lowest BCUT2D eigenvalue weighted by molar-refractivity contribution is -0.130. The fourth-order valence-electron chi connectivity index (χ4n) is 2.30. The van der Waals surface area contributed by atoms with E-state index in [1.165, 1.54) is 6.20 Å². The lowest BCUT2D eigenvalue weighted by Crippen LogP contribution is -2.41. The van der Waals surface area contributed by atoms with Gasteiger partial charge in [0.05, 0.1) is 12.1 Å². The van der Waals surface area contributed by atoms with Gasteiger partial charge in [0.15, 0.2) is 5.96 Å². The average Bonchev–Trinajstić information content (AvgIpc) is 2.66. The number of guanidine groups is 1. The molecule has 3 N–H and O–H groups in total. The molecule has 0 aliphatic rings. The molecule has 0 aliphatic heterocycles. The van der Waals surface area contributed by atoms with Gasteiger partial charge in [-0.2, -0.15) is 0 Å². The number of nitrogens with zero attached hydrogens (tertiary/aromatic N) is 3. The number of rotatable bonds is 10. The zero-order valence-corrected chi connectivity index (χ0v) is 18.7. The highest BCUT2D eigenvalue weighted by Crippen LogP contribution is 1.95. The Morgan fingerprint density at radius 2 is 1.81 bits per heavy atom. The molecule has 0 radical (unpaired) electrons. The fraction of sp³-hybridized carbons (Fsp3) is 0.556. The Balaban J connectivity index is 0.00000676. The number of hydrogen-bond donors (Lipinski definition) is 3. The molecule has 2 amide bonds. The molecule has 0 aromatic carbocycles. The van der Waals surface area contributed by atoms with Crippen LogP contribution in [-0.2, 0) is 4.79 Å². The number of pyridine rings is 1. The second-order valence-electron chi connectivity index (χ2n) is 5.50. The number of amides is 2. The van der Waals surface area contributed by atoms with Crippen LogP contribution in [0.1, 0.15) is 37.6 Å². The van der Waals surface area contributed by atoms with Gasteiger partial charge in [-0.1, -0.05) is 0 Å². The third-order valence-electron chi connectivity index (χ3n) is 3.68. The normalized spacial score (nSPS) is 10.6. The molecule has 0 unspecified atom stereocenters. The highest BCUT2D eigenvalue weighted by atomic mass is 127. The Hall–Kier alpha value is -1.91. The Morgan fingerprint density at radius 1 is 1.11 bits per heavy atom. The number of carbonyl (C=O) groups is 2. The molecular weight excluding hydrogens is 459 g/mol. The van der Waals surface area contributed by atoms with Crippen molar-refractivity contribution >= 4 is 41.8 Å². The smallest absolute Gasteiger partial charge is 0.252 e. The van der Waals surface area contributed by atoms with E-state index >= 15 is 0 Å². The van der Waals surface area contributed by atoms with Gasteiger partial charge in [0.25, 0.3) is 5.91 Å². The highest BCUT2D eigenvalue weighted by Gasteiger charge is 2.08. The minimum Gasteiger partial charge on any atom is -0.357 e. The lowest BCUT2D eigenvalue weighted by Gasteiger charge is -2.18. The van der Waals surface area contributed by atoms with E-state index in [4.69, 9.17) is 0 Å². The van der Waals surface area contributed by atoms with Crippen molar-refractivity contribution in [2.24, 2.45) is 4.99 Å². The van der Waals surface area contributed by atoms with E-state index in [-0.39, 0.29) is 35.8 Å². The van der Waals surface area contributed by atoms with E-state index in [1.807, 2.05) is 20.8 Å². The largest absolute Gasteiger partial charge is 0.357 e. The topological polar surface area (TPSA) is 98.7 Å². The minimum absolute atomic E-state index is 0. The molecule has 0 atom stereocenters. The average molecular weight is 490 g/mol. The maximum Gasteiger partial charge on any atom is 0.252 e. The van der Waals surface area contributed by atoms with Crippen LogP contribution in [0.3, 0.4) is 0 Å². The summed E-state index contributed by atoms with van der Waals surface area (Å²) in [4.78, 5) is 34.0. The van der Waals surface area contributed by atoms with Crippen molar-refractivity contribution in [3.05, 3.63) is 30.1 Å². The number of nitrogens with one attached hydrogen (secondary N) is 3. The van der Waals surface area contributed by atoms with Gasteiger partial charge >= 0.3 is 0 Å². The predicted molar refractivity (Wildman–Crippen MR) is 119 cm³/mol. The van der Waals surface area contributed by atoms with Crippen LogP contribution in [0.4, 0.5) is 0 Å². The first kappa shape index (κ1) is 25.1. The summed E-state index contributed by atoms with van der Waals surface area (Å²) in [5.74, 6) is 0.584. The van der Waals surface area contributed by atoms with Gasteiger partial charge in [-0.3, -0.25) is 19.6 Å². The molecule has 1 heterocycles. The van der Waals surface area contributed by atoms with Crippen molar-refractivity contribution in [3.63, 3.8) is 0 Å². The van der Waals surface area contributed by atoms with E-state index < -0.39 is 0 Å². The lowest BCUT2D eigenvalue weighted by atomic mass is 10.3. The number of hydrogen-bond acceptors (Lipinski definition) is 4. The first-order valence-corrected chi connectivity index (χ1v) is 9.10. The van der Waals surface area contributed by atoms with Crippen molar-refractivity contribution in [3.8, 4) is 0 Å². The van der Waals surface area contributed by atoms with Crippen LogP contribution in [0.2, 0.25) is 0 Å². The first-order valence-electron chi connectivity index (χ1n) is 9.10. The number of aromatic nitrogens is 1. The summed E-state index contributed by atoms with van der Waals surface area (Å²) in [6, 6.07) is 3.44. The summed E-state index contributed by atoms with van der Waals surface area (Å²) >= 11 is 0. The van der Waals surface area contributed by atoms with Crippen molar-refractivity contribution in [2.75, 3.05) is 39.3 Å². The molecule has 8 nitrogen and oxygen atoms in total. The Morgan fingerprint density at radius 3 is 2.41 bits per heavy atom. The van der Waals surface area contributed by atoms with Crippen LogP contribution >= 0.6 is 24.0 Å². The van der Waals surface area contributed by atoms with E-state index in [1.54, 1.807) is 23.2 Å². The molecule has 0 saturated carbocycles. The van der Waals surface area contributed by atoms with Gasteiger partial charge in [-0.15, -0.1) is 24.0 Å². The van der Waals surface area contributed by atoms with Crippen molar-refractivity contribution in [2.45, 2.75) is 27.2 Å². The van der Waals surface area contributed by atoms with E-state index in [9.17, 15) is 9.59 Å². The molecule has 1 aromatic heterocycles. The van der Waals surface area contributed by atoms with E-state index in [0.29, 0.717) is 50.7 Å². The fourth-order valence-corrected chi connectivity index (χ4v) is 2.30. The molecular formula is C18H31IN6O2. The Kier molecular flexibility index (Phi) is 14.1. The van der Waals surface area contributed by atoms with E-state index in [2.05, 4.69) is 25.9 Å². The summed E-state index contributed by atoms with van der Waals surface area (Å²) in [6.07, 6.45) is 3.54. The minimum atomic E-state index is -0.161. The third kappa shape index (κ3) is 10.1. The summed E-state index contributed by atoms with van der Waals surface area (Å²) in [6.45, 7) is 9.47. The van der Waals surface area contributed by atoms with Gasteiger partial charge in [0.1, 0.15) is 0 Å². The SMILES string of the molecule is CCNC(=NCCC(=O)N(CC)CC)NCCNC(=O)c1cccnc1.I. The van der Waals surface area contributed by atoms with E-state index in [0.717, 1.165) is 6.54 Å². The van der Waals surface area contributed by atoms with Gasteiger partial charge in [-0.05, 0) is 32.9 Å². The van der Waals surface area contributed by atoms with Gasteiger partial charge in [-0.25, -0.2) is 0 Å². The molecule has 9 heteroatoms. The number of halogens is 1. The first-order chi connectivity index (χ1) is 12.6. The maximum absolute atomic E-state index is 12.0. The van der Waals surface area contributed by atoms with Crippen molar-refractivity contribution < 1.29 is 9.59 Å². The molecule has 0 aliphatic carbocycles. The second kappa shape index (κ2) is 15.2. The van der Waals surface area contributed by atoms with Crippen LogP contribution in [-0.4, -0.2) is 66.9 Å². The number of carbonyl (C=O) groups excluding carboxylic acids is 2.